The fourth-order valence-corrected chi connectivity index (χ4v) is 3.22. The van der Waals surface area contributed by atoms with Crippen LogP contribution < -0.4 is 0 Å². The number of carboxylic acid groups (broad SMARTS) is 1. The van der Waals surface area contributed by atoms with Crippen molar-refractivity contribution in [3.63, 3.8) is 0 Å². The molecule has 23 heavy (non-hydrogen) atoms. The van der Waals surface area contributed by atoms with Gasteiger partial charge in [-0.25, -0.2) is 0 Å². The van der Waals surface area contributed by atoms with Crippen molar-refractivity contribution >= 4 is 11.9 Å². The standard InChI is InChI=1S/C18H25NO4/c1-3-5-14-6-8-15(9-7-14)16(20)19-11-4-10-18(12-19,13-23-2)17(21)22/h6-9H,3-5,10-13H2,1-2H3,(H,21,22). The lowest BCUT2D eigenvalue weighted by atomic mass is 9.80. The van der Waals surface area contributed by atoms with Crippen LogP contribution in [0.2, 0.25) is 0 Å². The van der Waals surface area contributed by atoms with E-state index in [2.05, 4.69) is 6.92 Å². The van der Waals surface area contributed by atoms with Crippen LogP contribution in [0.15, 0.2) is 24.3 Å². The summed E-state index contributed by atoms with van der Waals surface area (Å²) in [5.74, 6) is -0.996. The minimum absolute atomic E-state index is 0.102. The number of hydrogen-bond acceptors (Lipinski definition) is 3. The van der Waals surface area contributed by atoms with Crippen LogP contribution in [0.4, 0.5) is 0 Å². The average molecular weight is 319 g/mol. The summed E-state index contributed by atoms with van der Waals surface area (Å²) < 4.78 is 5.10. The molecule has 1 aliphatic rings. The minimum Gasteiger partial charge on any atom is -0.481 e. The Morgan fingerprint density at radius 3 is 2.57 bits per heavy atom. The first-order valence-electron chi connectivity index (χ1n) is 8.13. The molecular formula is C18H25NO4. The molecular weight excluding hydrogens is 294 g/mol. The van der Waals surface area contributed by atoms with Crippen molar-refractivity contribution in [1.29, 1.82) is 0 Å². The molecule has 1 aliphatic heterocycles. The SMILES string of the molecule is CCCc1ccc(C(=O)N2CCCC(COC)(C(=O)O)C2)cc1. The summed E-state index contributed by atoms with van der Waals surface area (Å²) in [5.41, 5.74) is 0.829. The highest BCUT2D eigenvalue weighted by atomic mass is 16.5. The second-order valence-electron chi connectivity index (χ2n) is 6.30. The van der Waals surface area contributed by atoms with Crippen LogP contribution in [-0.4, -0.2) is 48.7 Å². The van der Waals surface area contributed by atoms with E-state index in [9.17, 15) is 14.7 Å². The number of aliphatic carboxylic acids is 1. The van der Waals surface area contributed by atoms with Crippen molar-refractivity contribution in [3.05, 3.63) is 35.4 Å². The molecule has 5 heteroatoms. The molecule has 0 bridgehead atoms. The first-order chi connectivity index (χ1) is 11.0. The topological polar surface area (TPSA) is 66.8 Å². The number of rotatable bonds is 6. The highest BCUT2D eigenvalue weighted by Crippen LogP contribution is 2.31. The molecule has 1 atom stereocenters. The number of piperidine rings is 1. The number of likely N-dealkylation sites (tertiary alicyclic amines) is 1. The maximum atomic E-state index is 12.7. The van der Waals surface area contributed by atoms with Gasteiger partial charge in [0.1, 0.15) is 5.41 Å². The van der Waals surface area contributed by atoms with Gasteiger partial charge in [-0.2, -0.15) is 0 Å². The van der Waals surface area contributed by atoms with Gasteiger partial charge in [-0.3, -0.25) is 9.59 Å². The average Bonchev–Trinajstić information content (AvgIpc) is 2.55. The zero-order chi connectivity index (χ0) is 16.9. The maximum Gasteiger partial charge on any atom is 0.313 e. The summed E-state index contributed by atoms with van der Waals surface area (Å²) in [4.78, 5) is 26.0. The molecule has 126 valence electrons. The number of amides is 1. The van der Waals surface area contributed by atoms with Gasteiger partial charge in [0, 0.05) is 25.8 Å². The molecule has 1 heterocycles. The Balaban J connectivity index is 2.13. The van der Waals surface area contributed by atoms with Crippen molar-refractivity contribution in [3.8, 4) is 0 Å². The molecule has 1 aromatic carbocycles. The van der Waals surface area contributed by atoms with E-state index in [1.165, 1.54) is 12.7 Å². The van der Waals surface area contributed by atoms with Gasteiger partial charge in [-0.1, -0.05) is 25.5 Å². The fourth-order valence-electron chi connectivity index (χ4n) is 3.22. The van der Waals surface area contributed by atoms with Crippen molar-refractivity contribution in [2.45, 2.75) is 32.6 Å². The largest absolute Gasteiger partial charge is 0.481 e. The maximum absolute atomic E-state index is 12.7. The highest BCUT2D eigenvalue weighted by molar-refractivity contribution is 5.94. The number of carbonyl (C=O) groups is 2. The van der Waals surface area contributed by atoms with E-state index in [1.807, 2.05) is 24.3 Å². The quantitative estimate of drug-likeness (QED) is 0.875. The lowest BCUT2D eigenvalue weighted by Crippen LogP contribution is -2.52. The first-order valence-corrected chi connectivity index (χ1v) is 8.13. The minimum atomic E-state index is -0.995. The van der Waals surface area contributed by atoms with Crippen LogP contribution in [0.3, 0.4) is 0 Å². The molecule has 1 N–H and O–H groups in total. The van der Waals surface area contributed by atoms with Crippen LogP contribution in [0.5, 0.6) is 0 Å². The second-order valence-corrected chi connectivity index (χ2v) is 6.30. The highest BCUT2D eigenvalue weighted by Gasteiger charge is 2.43. The van der Waals surface area contributed by atoms with Crippen molar-refractivity contribution in [2.75, 3.05) is 26.8 Å². The lowest BCUT2D eigenvalue weighted by molar-refractivity contribution is -0.155. The van der Waals surface area contributed by atoms with Gasteiger partial charge in [0.05, 0.1) is 6.61 Å². The molecule has 0 radical (unpaired) electrons. The predicted molar refractivity (Wildman–Crippen MR) is 87.5 cm³/mol. The third-order valence-electron chi connectivity index (χ3n) is 4.48. The Morgan fingerprint density at radius 1 is 1.30 bits per heavy atom. The normalized spacial score (nSPS) is 21.2. The molecule has 0 saturated carbocycles. The zero-order valence-corrected chi connectivity index (χ0v) is 13.9. The number of ether oxygens (including phenoxy) is 1. The van der Waals surface area contributed by atoms with Gasteiger partial charge in [0.25, 0.3) is 5.91 Å². The predicted octanol–water partition coefficient (Wildman–Crippen LogP) is 2.59. The van der Waals surface area contributed by atoms with E-state index in [0.717, 1.165) is 12.8 Å². The van der Waals surface area contributed by atoms with Gasteiger partial charge in [-0.05, 0) is 37.0 Å². The molecule has 1 unspecified atom stereocenters. The smallest absolute Gasteiger partial charge is 0.313 e. The summed E-state index contributed by atoms with van der Waals surface area (Å²) in [6.45, 7) is 3.04. The number of aryl methyl sites for hydroxylation is 1. The van der Waals surface area contributed by atoms with E-state index >= 15 is 0 Å². The summed E-state index contributed by atoms with van der Waals surface area (Å²) in [5, 5.41) is 9.57. The van der Waals surface area contributed by atoms with Crippen molar-refractivity contribution in [1.82, 2.24) is 4.90 Å². The number of hydrogen-bond donors (Lipinski definition) is 1. The van der Waals surface area contributed by atoms with Gasteiger partial charge in [0.2, 0.25) is 0 Å². The monoisotopic (exact) mass is 319 g/mol. The molecule has 1 aromatic rings. The summed E-state index contributed by atoms with van der Waals surface area (Å²) in [7, 11) is 1.50. The Kier molecular flexibility index (Phi) is 5.77. The Morgan fingerprint density at radius 2 is 2.00 bits per heavy atom. The number of carbonyl (C=O) groups excluding carboxylic acids is 1. The summed E-state index contributed by atoms with van der Waals surface area (Å²) in [6.07, 6.45) is 3.27. The Bertz CT molecular complexity index is 551. The van der Waals surface area contributed by atoms with E-state index < -0.39 is 11.4 Å². The van der Waals surface area contributed by atoms with E-state index in [0.29, 0.717) is 24.9 Å². The number of carboxylic acids is 1. The summed E-state index contributed by atoms with van der Waals surface area (Å²) in [6, 6.07) is 7.61. The van der Waals surface area contributed by atoms with Crippen LogP contribution in [-0.2, 0) is 16.0 Å². The van der Waals surface area contributed by atoms with Crippen LogP contribution in [0.1, 0.15) is 42.1 Å². The molecule has 1 fully saturated rings. The number of nitrogens with zero attached hydrogens (tertiary/aromatic N) is 1. The molecule has 0 aliphatic carbocycles. The molecule has 1 saturated heterocycles. The third kappa shape index (κ3) is 3.91. The summed E-state index contributed by atoms with van der Waals surface area (Å²) >= 11 is 0. The molecule has 1 amide bonds. The van der Waals surface area contributed by atoms with Crippen LogP contribution in [0.25, 0.3) is 0 Å². The van der Waals surface area contributed by atoms with Crippen LogP contribution in [0, 0.1) is 5.41 Å². The number of methoxy groups -OCH3 is 1. The lowest BCUT2D eigenvalue weighted by Gasteiger charge is -2.39. The van der Waals surface area contributed by atoms with Gasteiger partial charge >= 0.3 is 5.97 Å². The number of benzene rings is 1. The van der Waals surface area contributed by atoms with Crippen molar-refractivity contribution in [2.24, 2.45) is 5.41 Å². The first kappa shape index (κ1) is 17.5. The third-order valence-corrected chi connectivity index (χ3v) is 4.48. The zero-order valence-electron chi connectivity index (χ0n) is 13.9. The van der Waals surface area contributed by atoms with Crippen LogP contribution >= 0.6 is 0 Å². The van der Waals surface area contributed by atoms with Gasteiger partial charge < -0.3 is 14.7 Å². The van der Waals surface area contributed by atoms with Crippen molar-refractivity contribution < 1.29 is 19.4 Å². The van der Waals surface area contributed by atoms with E-state index in [-0.39, 0.29) is 19.1 Å². The van der Waals surface area contributed by atoms with Gasteiger partial charge in [0.15, 0.2) is 0 Å². The van der Waals surface area contributed by atoms with E-state index in [4.69, 9.17) is 4.74 Å². The molecule has 0 aromatic heterocycles. The Hall–Kier alpha value is -1.88. The second kappa shape index (κ2) is 7.59. The molecule has 0 spiro atoms. The fraction of sp³-hybridized carbons (Fsp3) is 0.556. The molecule has 2 rings (SSSR count). The van der Waals surface area contributed by atoms with E-state index in [1.54, 1.807) is 4.90 Å². The van der Waals surface area contributed by atoms with Gasteiger partial charge in [-0.15, -0.1) is 0 Å². The molecule has 5 nitrogen and oxygen atoms in total. The Labute approximate surface area is 137 Å².